The zero-order valence-corrected chi connectivity index (χ0v) is 9.87. The Kier molecular flexibility index (Phi) is 4.90. The van der Waals surface area contributed by atoms with E-state index in [-0.39, 0.29) is 6.10 Å². The van der Waals surface area contributed by atoms with Crippen molar-refractivity contribution in [3.63, 3.8) is 0 Å². The highest BCUT2D eigenvalue weighted by atomic mass is 16.3. The number of likely N-dealkylation sites (N-methyl/N-ethyl adjacent to an activating group) is 1. The first kappa shape index (κ1) is 12.0. The van der Waals surface area contributed by atoms with Crippen molar-refractivity contribution in [1.29, 1.82) is 0 Å². The third-order valence-corrected chi connectivity index (χ3v) is 3.41. The molecule has 2 atom stereocenters. The number of rotatable bonds is 7. The summed E-state index contributed by atoms with van der Waals surface area (Å²) in [5.74, 6) is 1.36. The van der Waals surface area contributed by atoms with Crippen molar-refractivity contribution in [2.45, 2.75) is 46.1 Å². The van der Waals surface area contributed by atoms with E-state index in [4.69, 9.17) is 0 Å². The molecule has 1 rings (SSSR count). The summed E-state index contributed by atoms with van der Waals surface area (Å²) in [4.78, 5) is 2.40. The fourth-order valence-corrected chi connectivity index (χ4v) is 1.71. The van der Waals surface area contributed by atoms with Gasteiger partial charge in [-0.1, -0.05) is 27.2 Å². The van der Waals surface area contributed by atoms with Gasteiger partial charge in [-0.2, -0.15) is 0 Å². The maximum atomic E-state index is 9.91. The van der Waals surface area contributed by atoms with E-state index in [0.29, 0.717) is 5.92 Å². The molecule has 2 nitrogen and oxygen atoms in total. The van der Waals surface area contributed by atoms with Gasteiger partial charge in [-0.25, -0.2) is 0 Å². The molecule has 1 N–H and O–H groups in total. The van der Waals surface area contributed by atoms with Crippen molar-refractivity contribution in [3.8, 4) is 0 Å². The van der Waals surface area contributed by atoms with Gasteiger partial charge in [-0.05, 0) is 31.2 Å². The van der Waals surface area contributed by atoms with E-state index in [2.05, 4.69) is 25.7 Å². The second-order valence-corrected chi connectivity index (χ2v) is 4.75. The third-order valence-electron chi connectivity index (χ3n) is 3.41. The Balaban J connectivity index is 2.23. The third kappa shape index (κ3) is 3.97. The Hall–Kier alpha value is -0.0800. The van der Waals surface area contributed by atoms with E-state index >= 15 is 0 Å². The Morgan fingerprint density at radius 2 is 2.00 bits per heavy atom. The lowest BCUT2D eigenvalue weighted by molar-refractivity contribution is 0.0687. The fourth-order valence-electron chi connectivity index (χ4n) is 1.71. The van der Waals surface area contributed by atoms with Gasteiger partial charge in [0.15, 0.2) is 0 Å². The topological polar surface area (TPSA) is 23.5 Å². The van der Waals surface area contributed by atoms with Gasteiger partial charge in [-0.15, -0.1) is 0 Å². The quantitative estimate of drug-likeness (QED) is 0.679. The minimum Gasteiger partial charge on any atom is -0.392 e. The van der Waals surface area contributed by atoms with Crippen LogP contribution < -0.4 is 0 Å². The van der Waals surface area contributed by atoms with Crippen LogP contribution >= 0.6 is 0 Å². The second-order valence-electron chi connectivity index (χ2n) is 4.75. The fraction of sp³-hybridized carbons (Fsp3) is 1.00. The lowest BCUT2D eigenvalue weighted by atomic mass is 10.0. The average Bonchev–Trinajstić information content (AvgIpc) is 2.99. The molecule has 0 amide bonds. The van der Waals surface area contributed by atoms with E-state index in [1.165, 1.54) is 19.4 Å². The number of aliphatic hydroxyl groups is 1. The Labute approximate surface area is 88.3 Å². The lowest BCUT2D eigenvalue weighted by Crippen LogP contribution is -2.36. The highest BCUT2D eigenvalue weighted by Crippen LogP contribution is 2.29. The molecule has 0 aromatic rings. The molecule has 0 spiro atoms. The van der Waals surface area contributed by atoms with Gasteiger partial charge in [0, 0.05) is 13.1 Å². The molecule has 0 aromatic heterocycles. The van der Waals surface area contributed by atoms with Crippen molar-refractivity contribution in [2.24, 2.45) is 11.8 Å². The van der Waals surface area contributed by atoms with Crippen LogP contribution in [0.1, 0.15) is 40.0 Å². The van der Waals surface area contributed by atoms with E-state index in [9.17, 15) is 5.11 Å². The molecule has 1 saturated carbocycles. The summed E-state index contributed by atoms with van der Waals surface area (Å²) in [6.45, 7) is 9.60. The van der Waals surface area contributed by atoms with Gasteiger partial charge in [0.05, 0.1) is 6.10 Å². The van der Waals surface area contributed by atoms with Crippen LogP contribution in [0.25, 0.3) is 0 Å². The zero-order valence-electron chi connectivity index (χ0n) is 9.87. The lowest BCUT2D eigenvalue weighted by Gasteiger charge is -2.26. The smallest absolute Gasteiger partial charge is 0.0692 e. The van der Waals surface area contributed by atoms with Crippen LogP contribution in [0, 0.1) is 11.8 Å². The number of hydrogen-bond donors (Lipinski definition) is 1. The van der Waals surface area contributed by atoms with Crippen molar-refractivity contribution in [2.75, 3.05) is 19.6 Å². The van der Waals surface area contributed by atoms with Crippen molar-refractivity contribution in [1.82, 2.24) is 4.90 Å². The summed E-state index contributed by atoms with van der Waals surface area (Å²) >= 11 is 0. The van der Waals surface area contributed by atoms with Crippen LogP contribution in [0.2, 0.25) is 0 Å². The zero-order chi connectivity index (χ0) is 10.6. The molecule has 84 valence electrons. The van der Waals surface area contributed by atoms with Crippen LogP contribution in [0.3, 0.4) is 0 Å². The predicted octanol–water partition coefficient (Wildman–Crippen LogP) is 2.13. The van der Waals surface area contributed by atoms with E-state index in [0.717, 1.165) is 25.4 Å². The van der Waals surface area contributed by atoms with Crippen LogP contribution in [-0.4, -0.2) is 35.7 Å². The van der Waals surface area contributed by atoms with Crippen LogP contribution in [0.4, 0.5) is 0 Å². The van der Waals surface area contributed by atoms with Crippen molar-refractivity contribution < 1.29 is 5.11 Å². The Bertz CT molecular complexity index is 156. The SMILES string of the molecule is CCC(C)C(O)CN(CC)CC1CC1. The minimum atomic E-state index is -0.140. The van der Waals surface area contributed by atoms with Crippen LogP contribution in [0.5, 0.6) is 0 Å². The summed E-state index contributed by atoms with van der Waals surface area (Å²) in [5, 5.41) is 9.91. The largest absolute Gasteiger partial charge is 0.392 e. The maximum absolute atomic E-state index is 9.91. The monoisotopic (exact) mass is 199 g/mol. The van der Waals surface area contributed by atoms with E-state index < -0.39 is 0 Å². The van der Waals surface area contributed by atoms with Gasteiger partial charge in [0.25, 0.3) is 0 Å². The first-order valence-electron chi connectivity index (χ1n) is 6.07. The first-order chi connectivity index (χ1) is 6.67. The Morgan fingerprint density at radius 3 is 2.43 bits per heavy atom. The van der Waals surface area contributed by atoms with E-state index in [1.54, 1.807) is 0 Å². The van der Waals surface area contributed by atoms with Gasteiger partial charge in [0.2, 0.25) is 0 Å². The summed E-state index contributed by atoms with van der Waals surface area (Å²) < 4.78 is 0. The molecule has 0 aliphatic heterocycles. The average molecular weight is 199 g/mol. The minimum absolute atomic E-state index is 0.140. The molecule has 0 radical (unpaired) electrons. The van der Waals surface area contributed by atoms with Crippen LogP contribution in [0.15, 0.2) is 0 Å². The molecule has 0 saturated heterocycles. The number of nitrogens with zero attached hydrogens (tertiary/aromatic N) is 1. The summed E-state index contributed by atoms with van der Waals surface area (Å²) in [6.07, 6.45) is 3.73. The predicted molar refractivity (Wildman–Crippen MR) is 60.3 cm³/mol. The van der Waals surface area contributed by atoms with Gasteiger partial charge in [-0.3, -0.25) is 0 Å². The molecule has 1 fully saturated rings. The van der Waals surface area contributed by atoms with Gasteiger partial charge >= 0.3 is 0 Å². The van der Waals surface area contributed by atoms with Crippen molar-refractivity contribution in [3.05, 3.63) is 0 Å². The molecule has 1 aliphatic carbocycles. The molecule has 1 aliphatic rings. The summed E-state index contributed by atoms with van der Waals surface area (Å²) in [5.41, 5.74) is 0. The van der Waals surface area contributed by atoms with Crippen LogP contribution in [-0.2, 0) is 0 Å². The second kappa shape index (κ2) is 5.72. The highest BCUT2D eigenvalue weighted by Gasteiger charge is 2.25. The number of aliphatic hydroxyl groups excluding tert-OH is 1. The molecule has 2 heteroatoms. The molecular formula is C12H25NO. The summed E-state index contributed by atoms with van der Waals surface area (Å²) in [6, 6.07) is 0. The first-order valence-corrected chi connectivity index (χ1v) is 6.07. The number of hydrogen-bond acceptors (Lipinski definition) is 2. The molecule has 2 unspecified atom stereocenters. The van der Waals surface area contributed by atoms with E-state index in [1.807, 2.05) is 0 Å². The summed E-state index contributed by atoms with van der Waals surface area (Å²) in [7, 11) is 0. The maximum Gasteiger partial charge on any atom is 0.0692 e. The molecule has 0 bridgehead atoms. The molecule has 0 aromatic carbocycles. The van der Waals surface area contributed by atoms with Gasteiger partial charge < -0.3 is 10.0 Å². The van der Waals surface area contributed by atoms with Crippen molar-refractivity contribution >= 4 is 0 Å². The normalized spacial score (nSPS) is 21.2. The molecule has 14 heavy (non-hydrogen) atoms. The molecule has 0 heterocycles. The van der Waals surface area contributed by atoms with Gasteiger partial charge in [0.1, 0.15) is 0 Å². The molecular weight excluding hydrogens is 174 g/mol. The standard InChI is InChI=1S/C12H25NO/c1-4-10(3)12(14)9-13(5-2)8-11-6-7-11/h10-12,14H,4-9H2,1-3H3. The Morgan fingerprint density at radius 1 is 1.36 bits per heavy atom. The highest BCUT2D eigenvalue weighted by molar-refractivity contribution is 4.78.